The van der Waals surface area contributed by atoms with Gasteiger partial charge in [-0.1, -0.05) is 44.0 Å². The van der Waals surface area contributed by atoms with Crippen molar-refractivity contribution in [2.75, 3.05) is 52.7 Å². The van der Waals surface area contributed by atoms with Crippen LogP contribution in [0.2, 0.25) is 10.3 Å². The number of rotatable bonds is 16. The van der Waals surface area contributed by atoms with Crippen LogP contribution in [0.15, 0.2) is 127 Å². The first-order chi connectivity index (χ1) is 49.1. The Morgan fingerprint density at radius 2 is 1.05 bits per heavy atom. The van der Waals surface area contributed by atoms with Crippen molar-refractivity contribution in [3.05, 3.63) is 147 Å². The number of aromatic nitrogens is 12. The summed E-state index contributed by atoms with van der Waals surface area (Å²) in [6, 6.07) is 20.2. The number of furan rings is 3. The highest BCUT2D eigenvalue weighted by atomic mass is 35.5. The first-order valence-electron chi connectivity index (χ1n) is 33.4. The van der Waals surface area contributed by atoms with Crippen molar-refractivity contribution in [3.8, 4) is 51.5 Å². The summed E-state index contributed by atoms with van der Waals surface area (Å²) in [4.78, 5) is 95.1. The van der Waals surface area contributed by atoms with Crippen LogP contribution in [-0.2, 0) is 26.0 Å². The van der Waals surface area contributed by atoms with Gasteiger partial charge in [0.25, 0.3) is 0 Å². The van der Waals surface area contributed by atoms with Gasteiger partial charge >= 0.3 is 17.5 Å². The molecule has 0 saturated carbocycles. The van der Waals surface area contributed by atoms with Gasteiger partial charge in [0.05, 0.1) is 58.3 Å². The predicted octanol–water partition coefficient (Wildman–Crippen LogP) is 13.6. The molecule has 0 radical (unpaired) electrons. The van der Waals surface area contributed by atoms with Crippen molar-refractivity contribution in [1.29, 1.82) is 0 Å². The maximum absolute atomic E-state index is 13.6. The quantitative estimate of drug-likeness (QED) is 0.0641. The van der Waals surface area contributed by atoms with Crippen LogP contribution < -0.4 is 30.5 Å². The Morgan fingerprint density at radius 1 is 0.554 bits per heavy atom. The molecular formula is C72H73Cl2N13O14. The molecule has 0 spiro atoms. The van der Waals surface area contributed by atoms with Crippen molar-refractivity contribution in [2.45, 2.75) is 122 Å². The van der Waals surface area contributed by atoms with Crippen molar-refractivity contribution in [2.24, 2.45) is 7.05 Å². The van der Waals surface area contributed by atoms with Gasteiger partial charge in [-0.15, -0.1) is 0 Å². The van der Waals surface area contributed by atoms with E-state index in [1.807, 2.05) is 42.9 Å². The summed E-state index contributed by atoms with van der Waals surface area (Å²) in [6.45, 7) is 9.76. The average Bonchev–Trinajstić information content (AvgIpc) is 1.63. The highest BCUT2D eigenvalue weighted by Crippen LogP contribution is 2.42. The van der Waals surface area contributed by atoms with Crippen molar-refractivity contribution >= 4 is 96.3 Å². The molecule has 1 amide bonds. The van der Waals surface area contributed by atoms with Gasteiger partial charge < -0.3 is 51.0 Å². The number of hydrogen-bond acceptors (Lipinski definition) is 23. The zero-order valence-electron chi connectivity index (χ0n) is 56.8. The number of methoxy groups -OCH3 is 3. The second-order valence-electron chi connectivity index (χ2n) is 24.4. The summed E-state index contributed by atoms with van der Waals surface area (Å²) < 4.78 is 62.1. The number of fused-ring (bicyclic) bond motifs is 7. The van der Waals surface area contributed by atoms with Gasteiger partial charge in [-0.2, -0.15) is 9.97 Å². The molecule has 15 rings (SSSR count). The Morgan fingerprint density at radius 3 is 1.53 bits per heavy atom. The number of ether oxygens (including phenoxy) is 7. The van der Waals surface area contributed by atoms with E-state index in [9.17, 15) is 19.2 Å². The van der Waals surface area contributed by atoms with Gasteiger partial charge in [-0.05, 0) is 119 Å². The first-order valence-corrected chi connectivity index (χ1v) is 34.2. The molecule has 101 heavy (non-hydrogen) atoms. The third-order valence-electron chi connectivity index (χ3n) is 18.2. The minimum atomic E-state index is -0.587. The van der Waals surface area contributed by atoms with Gasteiger partial charge in [0.2, 0.25) is 29.2 Å². The molecule has 15 heterocycles. The topological polar surface area (TPSA) is 306 Å². The van der Waals surface area contributed by atoms with E-state index in [1.165, 1.54) is 18.2 Å². The lowest BCUT2D eigenvalue weighted by Gasteiger charge is -2.36. The molecule has 6 atom stereocenters. The lowest BCUT2D eigenvalue weighted by atomic mass is 9.99. The summed E-state index contributed by atoms with van der Waals surface area (Å²) in [5, 5.41) is 0.541. The molecule has 12 aromatic heterocycles. The van der Waals surface area contributed by atoms with Crippen LogP contribution in [0, 0.1) is 0 Å². The van der Waals surface area contributed by atoms with E-state index in [0.717, 1.165) is 37.8 Å². The molecule has 3 aliphatic heterocycles. The molecule has 0 bridgehead atoms. The number of ketones is 1. The van der Waals surface area contributed by atoms with Gasteiger partial charge in [-0.25, -0.2) is 49.3 Å². The summed E-state index contributed by atoms with van der Waals surface area (Å²) >= 11 is 12.4. The number of pyridine rings is 6. The van der Waals surface area contributed by atoms with Crippen LogP contribution in [-0.4, -0.2) is 143 Å². The third kappa shape index (κ3) is 14.2. The van der Waals surface area contributed by atoms with Crippen LogP contribution in [0.3, 0.4) is 0 Å². The van der Waals surface area contributed by atoms with Gasteiger partial charge in [-0.3, -0.25) is 18.8 Å². The Hall–Kier alpha value is -10.2. The van der Waals surface area contributed by atoms with E-state index < -0.39 is 11.9 Å². The second-order valence-corrected chi connectivity index (χ2v) is 25.2. The Labute approximate surface area is 587 Å². The highest BCUT2D eigenvalue weighted by molar-refractivity contribution is 6.30. The maximum Gasteiger partial charge on any atom is 0.414 e. The second kappa shape index (κ2) is 30.3. The molecule has 0 N–H and O–H groups in total. The number of hydrogen-bond donors (Lipinski definition) is 0. The van der Waals surface area contributed by atoms with Crippen molar-refractivity contribution < 1.29 is 56.0 Å². The molecule has 12 aromatic rings. The number of imidazole rings is 1. The fourth-order valence-electron chi connectivity index (χ4n) is 13.1. The SMILES string of the molecule is CCOC(=O)N(c1c(C(=O)c2ccc(OC)nc2)oc2ccc(Cl)nc12)[C@H]1CCO[C@@H](CC)C1.CC[C@H]1C[C@@H](n2c(=O)nc(-c3ccc(OC)nc3)c3oc4ccc(-c5cn(C)cn5)nc4c32)CCO1.CC[C@H]1C[C@@H](n2c(=O)nc(-c3ccc(OC)nc3)c3oc4ccc(Cl)nc4c32)CCO1. The van der Waals surface area contributed by atoms with E-state index in [0.29, 0.717) is 152 Å². The molecular weight excluding hydrogens is 1340 g/mol. The first kappa shape index (κ1) is 69.3. The fourth-order valence-corrected chi connectivity index (χ4v) is 13.4. The molecule has 0 aromatic carbocycles. The summed E-state index contributed by atoms with van der Waals surface area (Å²) in [5.74, 6) is 0.828. The number of aryl methyl sites for hydroxylation is 1. The number of halogens is 2. The van der Waals surface area contributed by atoms with E-state index in [-0.39, 0.29) is 76.6 Å². The fraction of sp³-hybridized carbons (Fsp3) is 0.375. The zero-order valence-corrected chi connectivity index (χ0v) is 58.3. The van der Waals surface area contributed by atoms with E-state index in [1.54, 1.807) is 104 Å². The van der Waals surface area contributed by atoms with Crippen LogP contribution in [0.4, 0.5) is 10.5 Å². The Kier molecular flexibility index (Phi) is 20.8. The van der Waals surface area contributed by atoms with Crippen LogP contribution in [0.5, 0.6) is 17.6 Å². The van der Waals surface area contributed by atoms with E-state index in [4.69, 9.17) is 74.6 Å². The highest BCUT2D eigenvalue weighted by Gasteiger charge is 2.39. The summed E-state index contributed by atoms with van der Waals surface area (Å²) in [6.07, 6.45) is 14.4. The molecule has 0 aliphatic carbocycles. The predicted molar refractivity (Wildman–Crippen MR) is 376 cm³/mol. The Balaban J connectivity index is 0.000000136. The van der Waals surface area contributed by atoms with Crippen molar-refractivity contribution in [3.63, 3.8) is 0 Å². The summed E-state index contributed by atoms with van der Waals surface area (Å²) in [5.41, 5.74) is 8.54. The largest absolute Gasteiger partial charge is 0.481 e. The number of carbonyl (C=O) groups is 2. The molecule has 27 nitrogen and oxygen atoms in total. The van der Waals surface area contributed by atoms with Crippen LogP contribution in [0.25, 0.3) is 89.4 Å². The normalized spacial score (nSPS) is 18.4. The van der Waals surface area contributed by atoms with Crippen LogP contribution >= 0.6 is 23.2 Å². The molecule has 0 unspecified atom stereocenters. The van der Waals surface area contributed by atoms with Crippen LogP contribution in [0.1, 0.15) is 114 Å². The maximum atomic E-state index is 13.6. The number of amides is 1. The van der Waals surface area contributed by atoms with Gasteiger partial charge in [0.15, 0.2) is 27.9 Å². The molecule has 3 saturated heterocycles. The lowest BCUT2D eigenvalue weighted by molar-refractivity contribution is -0.00725. The monoisotopic (exact) mass is 1410 g/mol. The molecule has 29 heteroatoms. The third-order valence-corrected chi connectivity index (χ3v) is 18.6. The molecule has 3 fully saturated rings. The summed E-state index contributed by atoms with van der Waals surface area (Å²) in [7, 11) is 6.51. The van der Waals surface area contributed by atoms with E-state index in [2.05, 4.69) is 53.7 Å². The zero-order chi connectivity index (χ0) is 70.6. The molecule has 524 valence electrons. The minimum absolute atomic E-state index is 0.0182. The van der Waals surface area contributed by atoms with E-state index >= 15 is 0 Å². The minimum Gasteiger partial charge on any atom is -0.481 e. The van der Waals surface area contributed by atoms with Crippen molar-refractivity contribution in [1.82, 2.24) is 58.6 Å². The number of anilines is 1. The van der Waals surface area contributed by atoms with Gasteiger partial charge in [0, 0.05) is 105 Å². The number of nitrogens with zero attached hydrogens (tertiary/aromatic N) is 13. The van der Waals surface area contributed by atoms with Gasteiger partial charge in [0.1, 0.15) is 60.7 Å². The molecule has 3 aliphatic rings. The smallest absolute Gasteiger partial charge is 0.414 e. The average molecular weight is 1420 g/mol. The number of carbonyl (C=O) groups excluding carboxylic acids is 2. The lowest BCUT2D eigenvalue weighted by Crippen LogP contribution is -2.46. The Bertz CT molecular complexity index is 5110. The standard InChI is InChI=1S/C26H26N6O4.C24H26ClN3O6.C22H21ClN4O4/c1-4-17-11-16(9-10-35-17)32-24-23-20(7-6-18(29-23)19-13-31(2)14-28-19)36-25(24)22(30-26(32)33)15-5-8-21(34-3)27-12-15;1-4-16-12-15(10-11-33-16)28(24(30)32-5-2)21-20-17(7-8-18(25)27-20)34-23(21)22(29)14-6-9-19(31-3)26-13-14;1-3-14-10-13(8-9-30-14)27-20-19-15(5-6-16(23)25-19)31-21(20)18(26-22(27)28)12-4-7-17(29-2)24-11-12/h5-8,12-14,16-17H,4,9-11H2,1-3H3;6-9,13,15-16H,4-5,10-12H2,1-3H3;4-7,11,13-14H,3,8-10H2,1-2H3/t16-,17-;15-,16-;13-,14-/m000/s1.